The van der Waals surface area contributed by atoms with Crippen LogP contribution < -0.4 is 14.4 Å². The van der Waals surface area contributed by atoms with Gasteiger partial charge < -0.3 is 19.5 Å². The van der Waals surface area contributed by atoms with Crippen molar-refractivity contribution in [3.63, 3.8) is 0 Å². The lowest BCUT2D eigenvalue weighted by Crippen LogP contribution is -2.24. The number of aliphatic carboxylic acids is 1. The van der Waals surface area contributed by atoms with E-state index in [0.717, 1.165) is 4.90 Å². The second-order valence-corrected chi connectivity index (χ2v) is 8.52. The van der Waals surface area contributed by atoms with Crippen molar-refractivity contribution in [2.75, 3.05) is 18.1 Å². The van der Waals surface area contributed by atoms with E-state index in [1.807, 2.05) is 0 Å². The van der Waals surface area contributed by atoms with E-state index < -0.39 is 43.2 Å². The molecule has 0 atom stereocenters. The van der Waals surface area contributed by atoms with E-state index in [1.54, 1.807) is 0 Å². The number of amides is 1. The largest absolute Gasteiger partial charge is 0.483 e. The average Bonchev–Trinajstić information content (AvgIpc) is 3.11. The Morgan fingerprint density at radius 2 is 1.51 bits per heavy atom. The molecular formula is C24H16ClF6NO5. The minimum absolute atomic E-state index is 0.0280. The highest BCUT2D eigenvalue weighted by atomic mass is 35.5. The number of benzene rings is 3. The molecule has 0 unspecified atom stereocenters. The van der Waals surface area contributed by atoms with E-state index in [2.05, 4.69) is 0 Å². The molecule has 13 heteroatoms. The van der Waals surface area contributed by atoms with Gasteiger partial charge in [0.15, 0.2) is 13.2 Å². The summed E-state index contributed by atoms with van der Waals surface area (Å²) in [4.78, 5) is 25.5. The predicted molar refractivity (Wildman–Crippen MR) is 120 cm³/mol. The molecular weight excluding hydrogens is 532 g/mol. The molecule has 196 valence electrons. The molecule has 0 aromatic heterocycles. The molecule has 0 saturated carbocycles. The number of anilines is 1. The second-order valence-electron chi connectivity index (χ2n) is 8.11. The normalized spacial score (nSPS) is 13.7. The molecule has 3 aromatic carbocycles. The Kier molecular flexibility index (Phi) is 6.89. The monoisotopic (exact) mass is 547 g/mol. The molecule has 0 radical (unpaired) electrons. The fraction of sp³-hybridized carbons (Fsp3) is 0.250. The average molecular weight is 548 g/mol. The molecule has 0 fully saturated rings. The molecule has 0 bridgehead atoms. The number of halogens is 7. The summed E-state index contributed by atoms with van der Waals surface area (Å²) in [5.41, 5.74) is -0.0919. The van der Waals surface area contributed by atoms with Crippen molar-refractivity contribution in [2.24, 2.45) is 0 Å². The van der Waals surface area contributed by atoms with Crippen LogP contribution in [0.25, 0.3) is 10.8 Å². The summed E-state index contributed by atoms with van der Waals surface area (Å²) in [6.45, 7) is -3.83. The number of carboxylic acids is 1. The fourth-order valence-electron chi connectivity index (χ4n) is 4.04. The van der Waals surface area contributed by atoms with Crippen molar-refractivity contribution in [2.45, 2.75) is 25.3 Å². The van der Waals surface area contributed by atoms with Crippen LogP contribution in [0.4, 0.5) is 32.0 Å². The molecule has 1 aliphatic rings. The van der Waals surface area contributed by atoms with E-state index in [0.29, 0.717) is 5.56 Å². The van der Waals surface area contributed by atoms with Crippen LogP contribution in [0.5, 0.6) is 11.5 Å². The maximum atomic E-state index is 13.5. The Labute approximate surface area is 209 Å². The van der Waals surface area contributed by atoms with Crippen LogP contribution in [-0.2, 0) is 17.8 Å². The number of ether oxygens (including phenoxy) is 2. The summed E-state index contributed by atoms with van der Waals surface area (Å²) < 4.78 is 88.2. The second kappa shape index (κ2) is 9.66. The van der Waals surface area contributed by atoms with Gasteiger partial charge in [0.05, 0.1) is 29.2 Å². The van der Waals surface area contributed by atoms with Gasteiger partial charge in [-0.05, 0) is 17.7 Å². The molecule has 0 spiro atoms. The summed E-state index contributed by atoms with van der Waals surface area (Å²) in [7, 11) is 0. The van der Waals surface area contributed by atoms with E-state index in [1.165, 1.54) is 42.5 Å². The number of carboxylic acid groups (broad SMARTS) is 1. The quantitative estimate of drug-likeness (QED) is 0.358. The number of rotatable bonds is 7. The first-order chi connectivity index (χ1) is 17.2. The molecule has 0 aliphatic carbocycles. The number of alkyl halides is 6. The third kappa shape index (κ3) is 5.68. The molecule has 1 amide bonds. The molecule has 4 rings (SSSR count). The Bertz CT molecular complexity index is 1390. The van der Waals surface area contributed by atoms with Crippen LogP contribution >= 0.6 is 11.6 Å². The first kappa shape index (κ1) is 26.4. The van der Waals surface area contributed by atoms with E-state index >= 15 is 0 Å². The summed E-state index contributed by atoms with van der Waals surface area (Å²) in [6, 6.07) is 9.59. The highest BCUT2D eigenvalue weighted by Crippen LogP contribution is 2.47. The SMILES string of the molecule is O=C(O)Cc1ccc(N2Cc3c(c(OCC(F)(F)F)c4ccccc4c3OCC(F)(F)F)C2=O)c(Cl)c1. The summed E-state index contributed by atoms with van der Waals surface area (Å²) in [5, 5.41) is 8.92. The maximum absolute atomic E-state index is 13.5. The van der Waals surface area contributed by atoms with Gasteiger partial charge in [-0.25, -0.2) is 0 Å². The number of hydrogen-bond acceptors (Lipinski definition) is 4. The van der Waals surface area contributed by atoms with E-state index in [9.17, 15) is 35.9 Å². The fourth-order valence-corrected chi connectivity index (χ4v) is 4.35. The number of nitrogens with zero attached hydrogens (tertiary/aromatic N) is 1. The van der Waals surface area contributed by atoms with Crippen molar-refractivity contribution in [1.29, 1.82) is 0 Å². The molecule has 6 nitrogen and oxygen atoms in total. The van der Waals surface area contributed by atoms with Gasteiger partial charge in [0.1, 0.15) is 11.5 Å². The Morgan fingerprint density at radius 1 is 0.946 bits per heavy atom. The smallest absolute Gasteiger partial charge is 0.422 e. The molecule has 3 aromatic rings. The summed E-state index contributed by atoms with van der Waals surface area (Å²) in [5.74, 6) is -2.77. The van der Waals surface area contributed by atoms with Crippen LogP contribution in [0.15, 0.2) is 42.5 Å². The molecule has 37 heavy (non-hydrogen) atoms. The van der Waals surface area contributed by atoms with Gasteiger partial charge in [0, 0.05) is 16.3 Å². The minimum Gasteiger partial charge on any atom is -0.483 e. The summed E-state index contributed by atoms with van der Waals surface area (Å²) in [6.07, 6.45) is -9.85. The zero-order valence-electron chi connectivity index (χ0n) is 18.5. The van der Waals surface area contributed by atoms with Crippen LogP contribution in [0.2, 0.25) is 5.02 Å². The van der Waals surface area contributed by atoms with Crippen LogP contribution in [0.1, 0.15) is 21.5 Å². The van der Waals surface area contributed by atoms with Crippen molar-refractivity contribution < 1.29 is 50.5 Å². The number of carbonyl (C=O) groups is 2. The highest BCUT2D eigenvalue weighted by molar-refractivity contribution is 6.34. The van der Waals surface area contributed by atoms with Crippen LogP contribution in [-0.4, -0.2) is 42.5 Å². The van der Waals surface area contributed by atoms with Gasteiger partial charge in [-0.15, -0.1) is 0 Å². The summed E-state index contributed by atoms with van der Waals surface area (Å²) >= 11 is 6.28. The lowest BCUT2D eigenvalue weighted by molar-refractivity contribution is -0.154. The minimum atomic E-state index is -4.76. The highest BCUT2D eigenvalue weighted by Gasteiger charge is 2.40. The van der Waals surface area contributed by atoms with E-state index in [-0.39, 0.29) is 51.3 Å². The van der Waals surface area contributed by atoms with E-state index in [4.69, 9.17) is 26.2 Å². The zero-order chi connectivity index (χ0) is 27.1. The Morgan fingerprint density at radius 3 is 2.05 bits per heavy atom. The topological polar surface area (TPSA) is 76.1 Å². The van der Waals surface area contributed by atoms with Gasteiger partial charge >= 0.3 is 18.3 Å². The van der Waals surface area contributed by atoms with Gasteiger partial charge in [-0.2, -0.15) is 26.3 Å². The first-order valence-corrected chi connectivity index (χ1v) is 10.9. The number of hydrogen-bond donors (Lipinski definition) is 1. The molecule has 1 N–H and O–H groups in total. The predicted octanol–water partition coefficient (Wildman–Crippen LogP) is 6.16. The lowest BCUT2D eigenvalue weighted by Gasteiger charge is -2.19. The third-order valence-corrected chi connectivity index (χ3v) is 5.72. The van der Waals surface area contributed by atoms with Crippen molar-refractivity contribution in [3.05, 3.63) is 64.2 Å². The van der Waals surface area contributed by atoms with Crippen LogP contribution in [0, 0.1) is 0 Å². The Balaban J connectivity index is 1.87. The van der Waals surface area contributed by atoms with Crippen molar-refractivity contribution in [3.8, 4) is 11.5 Å². The molecule has 1 heterocycles. The van der Waals surface area contributed by atoms with Gasteiger partial charge in [0.25, 0.3) is 5.91 Å². The first-order valence-electron chi connectivity index (χ1n) is 10.5. The maximum Gasteiger partial charge on any atom is 0.422 e. The molecule has 0 saturated heterocycles. The van der Waals surface area contributed by atoms with Gasteiger partial charge in [-0.1, -0.05) is 41.9 Å². The standard InChI is InChI=1S/C24H16ClF6NO5/c25-16-7-12(8-18(33)34)5-6-17(16)32-9-15-19(22(32)35)21(37-11-24(29,30)31)14-4-2-1-3-13(14)20(15)36-10-23(26,27)28/h1-7H,8-11H2,(H,33,34). The van der Waals surface area contributed by atoms with Gasteiger partial charge in [0.2, 0.25) is 0 Å². The third-order valence-electron chi connectivity index (χ3n) is 5.41. The number of fused-ring (bicyclic) bond motifs is 2. The number of carbonyl (C=O) groups excluding carboxylic acids is 1. The Hall–Kier alpha value is -3.67. The van der Waals surface area contributed by atoms with Crippen molar-refractivity contribution >= 4 is 39.9 Å². The van der Waals surface area contributed by atoms with Gasteiger partial charge in [-0.3, -0.25) is 9.59 Å². The molecule has 1 aliphatic heterocycles. The lowest BCUT2D eigenvalue weighted by atomic mass is 9.99. The van der Waals surface area contributed by atoms with Crippen molar-refractivity contribution in [1.82, 2.24) is 0 Å². The van der Waals surface area contributed by atoms with Crippen LogP contribution in [0.3, 0.4) is 0 Å². The zero-order valence-corrected chi connectivity index (χ0v) is 19.3.